The summed E-state index contributed by atoms with van der Waals surface area (Å²) in [6.45, 7) is 2.61. The van der Waals surface area contributed by atoms with Crippen LogP contribution in [0, 0.1) is 23.6 Å². The molecule has 1 aliphatic heterocycles. The molecule has 1 aromatic carbocycles. The van der Waals surface area contributed by atoms with Gasteiger partial charge in [0.15, 0.2) is 22.8 Å². The van der Waals surface area contributed by atoms with E-state index in [9.17, 15) is 14.0 Å². The smallest absolute Gasteiger partial charge is 0.200 e. The van der Waals surface area contributed by atoms with E-state index in [1.165, 1.54) is 26.3 Å². The summed E-state index contributed by atoms with van der Waals surface area (Å²) in [5.74, 6) is 0.543. The molecule has 6 atom stereocenters. The Morgan fingerprint density at radius 1 is 1.32 bits per heavy atom. The number of rotatable bonds is 4. The third kappa shape index (κ3) is 2.51. The van der Waals surface area contributed by atoms with Gasteiger partial charge in [-0.05, 0) is 43.6 Å². The molecule has 2 heterocycles. The molecule has 3 aliphatic carbocycles. The van der Waals surface area contributed by atoms with Crippen LogP contribution < -0.4 is 20.8 Å². The zero-order valence-electron chi connectivity index (χ0n) is 17.5. The summed E-state index contributed by atoms with van der Waals surface area (Å²) in [6.07, 6.45) is 2.72. The topological polar surface area (TPSA) is 77.6 Å². The minimum Gasteiger partial charge on any atom is -0.492 e. The number of Topliss-reactive ketones (excluding diaryl/α,β-unsaturated/α-hetero) is 1. The van der Waals surface area contributed by atoms with Crippen LogP contribution in [0.5, 0.6) is 5.75 Å². The number of ketones is 1. The van der Waals surface area contributed by atoms with Gasteiger partial charge >= 0.3 is 0 Å². The Morgan fingerprint density at radius 2 is 2.06 bits per heavy atom. The third-order valence-electron chi connectivity index (χ3n) is 8.05. The lowest BCUT2D eigenvalue weighted by Gasteiger charge is -2.26. The van der Waals surface area contributed by atoms with Gasteiger partial charge in [0, 0.05) is 31.2 Å². The summed E-state index contributed by atoms with van der Waals surface area (Å²) in [6, 6.07) is 0.686. The van der Waals surface area contributed by atoms with E-state index < -0.39 is 29.2 Å². The van der Waals surface area contributed by atoms with E-state index in [0.717, 1.165) is 12.8 Å². The zero-order chi connectivity index (χ0) is 21.8. The van der Waals surface area contributed by atoms with E-state index >= 15 is 4.39 Å². The van der Waals surface area contributed by atoms with E-state index in [1.807, 2.05) is 4.90 Å². The number of methoxy groups -OCH3 is 1. The van der Waals surface area contributed by atoms with Crippen LogP contribution in [0.2, 0.25) is 0 Å². The molecule has 8 heteroatoms. The standard InChI is InChI=1S/C23H25F2N3O3/c1-10(29)14-8-28(18-5-16(18)24)19-13(21(14)30)4-17(25)20(22(19)31-2)27-7-11-3-12-6-23(12,26)15(11)9-27/h4,8,11-12,15-16,18H,3,5-7,9,26H2,1-2H3. The van der Waals surface area contributed by atoms with Crippen molar-refractivity contribution < 1.29 is 18.3 Å². The SMILES string of the molecule is COc1c(N2CC3CC4CC4(N)C3C2)c(F)cc2c(=O)c(C(C)=O)cn(C3CC3F)c12. The fourth-order valence-electron chi connectivity index (χ4n) is 6.28. The molecule has 31 heavy (non-hydrogen) atoms. The second-order valence-corrected chi connectivity index (χ2v) is 9.81. The Kier molecular flexibility index (Phi) is 3.76. The van der Waals surface area contributed by atoms with Crippen LogP contribution in [0.15, 0.2) is 17.1 Å². The molecule has 6 unspecified atom stereocenters. The van der Waals surface area contributed by atoms with Crippen molar-refractivity contribution in [1.82, 2.24) is 4.57 Å². The van der Waals surface area contributed by atoms with Gasteiger partial charge in [-0.1, -0.05) is 0 Å². The van der Waals surface area contributed by atoms with Gasteiger partial charge in [-0.25, -0.2) is 8.78 Å². The van der Waals surface area contributed by atoms with Crippen LogP contribution >= 0.6 is 0 Å². The number of benzene rings is 1. The molecule has 1 aromatic heterocycles. The largest absolute Gasteiger partial charge is 0.492 e. The summed E-state index contributed by atoms with van der Waals surface area (Å²) < 4.78 is 36.8. The number of hydrogen-bond acceptors (Lipinski definition) is 5. The summed E-state index contributed by atoms with van der Waals surface area (Å²) >= 11 is 0. The van der Waals surface area contributed by atoms with Gasteiger partial charge in [-0.2, -0.15) is 0 Å². The second kappa shape index (κ2) is 6.06. The first kappa shape index (κ1) is 19.2. The van der Waals surface area contributed by atoms with Gasteiger partial charge in [-0.3, -0.25) is 9.59 Å². The molecule has 0 spiro atoms. The number of nitrogens with zero attached hydrogens (tertiary/aromatic N) is 2. The molecule has 1 saturated heterocycles. The first-order chi connectivity index (χ1) is 14.7. The number of carbonyl (C=O) groups excluding carboxylic acids is 1. The number of halogens is 2. The molecule has 0 radical (unpaired) electrons. The van der Waals surface area contributed by atoms with Crippen molar-refractivity contribution in [2.75, 3.05) is 25.1 Å². The molecular weight excluding hydrogens is 404 g/mol. The zero-order valence-corrected chi connectivity index (χ0v) is 17.5. The maximum absolute atomic E-state index is 15.5. The van der Waals surface area contributed by atoms with Crippen molar-refractivity contribution in [1.29, 1.82) is 0 Å². The number of fused-ring (bicyclic) bond motifs is 4. The Hall–Kier alpha value is -2.48. The van der Waals surface area contributed by atoms with Crippen molar-refractivity contribution in [3.05, 3.63) is 33.9 Å². The first-order valence-electron chi connectivity index (χ1n) is 10.9. The Bertz CT molecular complexity index is 1210. The minimum absolute atomic E-state index is 0.0434. The summed E-state index contributed by atoms with van der Waals surface area (Å²) in [7, 11) is 1.43. The molecule has 6 rings (SSSR count). The van der Waals surface area contributed by atoms with E-state index in [4.69, 9.17) is 10.5 Å². The second-order valence-electron chi connectivity index (χ2n) is 9.81. The fraction of sp³-hybridized carbons (Fsp3) is 0.565. The highest BCUT2D eigenvalue weighted by Gasteiger charge is 2.66. The third-order valence-corrected chi connectivity index (χ3v) is 8.05. The molecule has 6 nitrogen and oxygen atoms in total. The highest BCUT2D eigenvalue weighted by molar-refractivity contribution is 5.99. The predicted molar refractivity (Wildman–Crippen MR) is 112 cm³/mol. The Morgan fingerprint density at radius 3 is 2.68 bits per heavy atom. The number of anilines is 1. The average Bonchev–Trinajstić information content (AvgIpc) is 3.50. The Balaban J connectivity index is 1.55. The number of pyridine rings is 1. The molecule has 0 amide bonds. The highest BCUT2D eigenvalue weighted by Crippen LogP contribution is 2.62. The quantitative estimate of drug-likeness (QED) is 0.757. The van der Waals surface area contributed by atoms with Crippen molar-refractivity contribution in [2.45, 2.75) is 43.9 Å². The van der Waals surface area contributed by atoms with Crippen molar-refractivity contribution in [3.63, 3.8) is 0 Å². The van der Waals surface area contributed by atoms with E-state index in [2.05, 4.69) is 0 Å². The average molecular weight is 429 g/mol. The lowest BCUT2D eigenvalue weighted by Crippen LogP contribution is -2.35. The molecule has 164 valence electrons. The number of carbonyl (C=O) groups is 1. The van der Waals surface area contributed by atoms with Crippen LogP contribution in [0.3, 0.4) is 0 Å². The van der Waals surface area contributed by atoms with Crippen LogP contribution in [0.1, 0.15) is 42.6 Å². The normalized spacial score (nSPS) is 35.3. The van der Waals surface area contributed by atoms with Crippen LogP contribution in [-0.4, -0.2) is 42.3 Å². The number of alkyl halides is 1. The number of nitrogens with two attached hydrogens (primary N) is 1. The van der Waals surface area contributed by atoms with Crippen LogP contribution in [-0.2, 0) is 0 Å². The van der Waals surface area contributed by atoms with Gasteiger partial charge in [0.05, 0.1) is 29.6 Å². The van der Waals surface area contributed by atoms with E-state index in [1.54, 1.807) is 4.57 Å². The van der Waals surface area contributed by atoms with Crippen LogP contribution in [0.4, 0.5) is 14.5 Å². The van der Waals surface area contributed by atoms with E-state index in [-0.39, 0.29) is 28.7 Å². The summed E-state index contributed by atoms with van der Waals surface area (Å²) in [4.78, 5) is 27.0. The van der Waals surface area contributed by atoms with Crippen molar-refractivity contribution in [3.8, 4) is 5.75 Å². The summed E-state index contributed by atoms with van der Waals surface area (Å²) in [5.41, 5.74) is 6.45. The van der Waals surface area contributed by atoms with E-state index in [0.29, 0.717) is 42.0 Å². The number of aromatic nitrogens is 1. The lowest BCUT2D eigenvalue weighted by molar-refractivity contribution is 0.101. The van der Waals surface area contributed by atoms with Gasteiger partial charge in [0.2, 0.25) is 0 Å². The van der Waals surface area contributed by atoms with Crippen molar-refractivity contribution >= 4 is 22.4 Å². The van der Waals surface area contributed by atoms with Gasteiger partial charge in [0.25, 0.3) is 0 Å². The summed E-state index contributed by atoms with van der Waals surface area (Å²) in [5, 5.41) is 0.0434. The Labute approximate surface area is 177 Å². The maximum Gasteiger partial charge on any atom is 0.200 e. The number of ether oxygens (including phenoxy) is 1. The first-order valence-corrected chi connectivity index (χ1v) is 10.9. The molecule has 4 fully saturated rings. The van der Waals surface area contributed by atoms with Crippen LogP contribution in [0.25, 0.3) is 10.9 Å². The molecule has 4 aliphatic rings. The van der Waals surface area contributed by atoms with Gasteiger partial charge < -0.3 is 19.9 Å². The molecule has 2 aromatic rings. The number of hydrogen-bond donors (Lipinski definition) is 1. The van der Waals surface area contributed by atoms with Gasteiger partial charge in [0.1, 0.15) is 11.9 Å². The van der Waals surface area contributed by atoms with Gasteiger partial charge in [-0.15, -0.1) is 0 Å². The molecular formula is C23H25F2N3O3. The predicted octanol–water partition coefficient (Wildman–Crippen LogP) is 2.81. The lowest BCUT2D eigenvalue weighted by atomic mass is 9.92. The molecule has 2 N–H and O–H groups in total. The minimum atomic E-state index is -1.07. The maximum atomic E-state index is 15.5. The monoisotopic (exact) mass is 429 g/mol. The van der Waals surface area contributed by atoms with Crippen molar-refractivity contribution in [2.24, 2.45) is 23.5 Å². The molecule has 3 saturated carbocycles. The fourth-order valence-corrected chi connectivity index (χ4v) is 6.28. The molecule has 0 bridgehead atoms. The highest BCUT2D eigenvalue weighted by atomic mass is 19.1.